The second-order valence-electron chi connectivity index (χ2n) is 2.55. The van der Waals surface area contributed by atoms with Crippen LogP contribution in [0.1, 0.15) is 5.56 Å². The van der Waals surface area contributed by atoms with Crippen molar-refractivity contribution in [2.75, 3.05) is 25.6 Å². The summed E-state index contributed by atoms with van der Waals surface area (Å²) in [6.45, 7) is 1.17. The molecule has 4 nitrogen and oxygen atoms in total. The third-order valence-corrected chi connectivity index (χ3v) is 1.99. The summed E-state index contributed by atoms with van der Waals surface area (Å²) in [7, 11) is 1.61. The van der Waals surface area contributed by atoms with Gasteiger partial charge in [0.2, 0.25) is 0 Å². The molecule has 1 aromatic rings. The zero-order valence-electron chi connectivity index (χ0n) is 7.75. The Labute approximate surface area is 87.5 Å². The first-order valence-corrected chi connectivity index (χ1v) is 4.44. The number of methoxy groups -OCH3 is 1. The number of hydrogen-bond donors (Lipinski definition) is 1. The number of pyridine rings is 1. The quantitative estimate of drug-likeness (QED) is 0.770. The van der Waals surface area contributed by atoms with Crippen LogP contribution in [0.3, 0.4) is 0 Å². The molecule has 0 radical (unpaired) electrons. The van der Waals surface area contributed by atoms with Crippen LogP contribution in [0.15, 0.2) is 12.3 Å². The van der Waals surface area contributed by atoms with E-state index in [1.807, 2.05) is 6.07 Å². The van der Waals surface area contributed by atoms with Crippen molar-refractivity contribution >= 4 is 17.4 Å². The number of aromatic nitrogens is 1. The lowest BCUT2D eigenvalue weighted by Crippen LogP contribution is -2.09. The van der Waals surface area contributed by atoms with Gasteiger partial charge in [-0.05, 0) is 6.07 Å². The number of ether oxygens (including phenoxy) is 1. The second kappa shape index (κ2) is 5.43. The zero-order valence-corrected chi connectivity index (χ0v) is 8.51. The fourth-order valence-electron chi connectivity index (χ4n) is 0.925. The molecule has 14 heavy (non-hydrogen) atoms. The number of nitrogens with zero attached hydrogens (tertiary/aromatic N) is 2. The maximum atomic E-state index is 8.70. The van der Waals surface area contributed by atoms with Crippen molar-refractivity contribution in [1.29, 1.82) is 5.26 Å². The van der Waals surface area contributed by atoms with Gasteiger partial charge in [0, 0.05) is 19.9 Å². The van der Waals surface area contributed by atoms with Gasteiger partial charge in [0.05, 0.1) is 12.2 Å². The summed E-state index contributed by atoms with van der Waals surface area (Å²) in [4.78, 5) is 4.01. The van der Waals surface area contributed by atoms with E-state index in [0.29, 0.717) is 29.6 Å². The minimum absolute atomic E-state index is 0.353. The summed E-state index contributed by atoms with van der Waals surface area (Å²) in [5.41, 5.74) is 0.418. The Kier molecular flexibility index (Phi) is 4.17. The molecule has 0 aliphatic heterocycles. The van der Waals surface area contributed by atoms with Gasteiger partial charge in [-0.15, -0.1) is 0 Å². The summed E-state index contributed by atoms with van der Waals surface area (Å²) in [5.74, 6) is 0.516. The van der Waals surface area contributed by atoms with E-state index in [4.69, 9.17) is 21.6 Å². The molecule has 0 fully saturated rings. The van der Waals surface area contributed by atoms with Crippen LogP contribution in [-0.2, 0) is 4.74 Å². The summed E-state index contributed by atoms with van der Waals surface area (Å²) in [6.07, 6.45) is 1.54. The Hall–Kier alpha value is -1.31. The molecular formula is C9H10ClN3O. The van der Waals surface area contributed by atoms with E-state index in [1.54, 1.807) is 19.4 Å². The highest BCUT2D eigenvalue weighted by atomic mass is 35.5. The first-order valence-electron chi connectivity index (χ1n) is 4.07. The predicted octanol–water partition coefficient (Wildman–Crippen LogP) is 1.66. The first kappa shape index (κ1) is 10.8. The normalized spacial score (nSPS) is 9.50. The Morgan fingerprint density at radius 3 is 3.14 bits per heavy atom. The number of nitriles is 1. The van der Waals surface area contributed by atoms with Crippen LogP contribution >= 0.6 is 11.6 Å². The van der Waals surface area contributed by atoms with Crippen LogP contribution in [0.5, 0.6) is 0 Å². The third kappa shape index (κ3) is 2.59. The molecule has 0 unspecified atom stereocenters. The molecule has 74 valence electrons. The Morgan fingerprint density at radius 1 is 1.71 bits per heavy atom. The summed E-state index contributed by atoms with van der Waals surface area (Å²) >= 11 is 5.90. The minimum atomic E-state index is 0.353. The van der Waals surface area contributed by atoms with E-state index in [9.17, 15) is 0 Å². The van der Waals surface area contributed by atoms with E-state index in [2.05, 4.69) is 10.3 Å². The molecule has 0 saturated carbocycles. The standard InChI is InChI=1S/C9H10ClN3O/c1-14-5-4-13-9-8(10)7(6-11)2-3-12-9/h2-3H,4-5H2,1H3,(H,12,13). The number of nitrogens with one attached hydrogen (secondary N) is 1. The van der Waals surface area contributed by atoms with Gasteiger partial charge < -0.3 is 10.1 Å². The largest absolute Gasteiger partial charge is 0.383 e. The van der Waals surface area contributed by atoms with Crippen molar-refractivity contribution in [3.05, 3.63) is 22.8 Å². The van der Waals surface area contributed by atoms with Gasteiger partial charge in [0.1, 0.15) is 16.9 Å². The molecule has 0 aliphatic carbocycles. The number of halogens is 1. The van der Waals surface area contributed by atoms with E-state index in [0.717, 1.165) is 0 Å². The van der Waals surface area contributed by atoms with Crippen molar-refractivity contribution in [3.8, 4) is 6.07 Å². The highest BCUT2D eigenvalue weighted by molar-refractivity contribution is 6.34. The number of hydrogen-bond acceptors (Lipinski definition) is 4. The second-order valence-corrected chi connectivity index (χ2v) is 2.93. The van der Waals surface area contributed by atoms with Crippen LogP contribution < -0.4 is 5.32 Å². The number of rotatable bonds is 4. The van der Waals surface area contributed by atoms with Crippen LogP contribution in [0.2, 0.25) is 5.02 Å². The minimum Gasteiger partial charge on any atom is -0.383 e. The summed E-state index contributed by atoms with van der Waals surface area (Å²) < 4.78 is 4.86. The van der Waals surface area contributed by atoms with Crippen molar-refractivity contribution in [3.63, 3.8) is 0 Å². The van der Waals surface area contributed by atoms with E-state index in [1.165, 1.54) is 0 Å². The van der Waals surface area contributed by atoms with Crippen molar-refractivity contribution in [2.24, 2.45) is 0 Å². The highest BCUT2D eigenvalue weighted by Crippen LogP contribution is 2.22. The monoisotopic (exact) mass is 211 g/mol. The van der Waals surface area contributed by atoms with Crippen LogP contribution in [0.25, 0.3) is 0 Å². The smallest absolute Gasteiger partial charge is 0.146 e. The first-order chi connectivity index (χ1) is 6.79. The van der Waals surface area contributed by atoms with Gasteiger partial charge in [0.15, 0.2) is 0 Å². The molecule has 0 aromatic carbocycles. The molecule has 1 rings (SSSR count). The predicted molar refractivity (Wildman–Crippen MR) is 54.3 cm³/mol. The van der Waals surface area contributed by atoms with Crippen LogP contribution in [0.4, 0.5) is 5.82 Å². The maximum absolute atomic E-state index is 8.70. The fraction of sp³-hybridized carbons (Fsp3) is 0.333. The average molecular weight is 212 g/mol. The molecule has 0 spiro atoms. The van der Waals surface area contributed by atoms with Crippen molar-refractivity contribution < 1.29 is 4.74 Å². The highest BCUT2D eigenvalue weighted by Gasteiger charge is 2.05. The molecule has 1 heterocycles. The third-order valence-electron chi connectivity index (χ3n) is 1.61. The van der Waals surface area contributed by atoms with E-state index in [-0.39, 0.29) is 0 Å². The van der Waals surface area contributed by atoms with Crippen LogP contribution in [-0.4, -0.2) is 25.2 Å². The van der Waals surface area contributed by atoms with Crippen molar-refractivity contribution in [2.45, 2.75) is 0 Å². The average Bonchev–Trinajstić information content (AvgIpc) is 2.21. The molecule has 1 N–H and O–H groups in total. The van der Waals surface area contributed by atoms with Gasteiger partial charge in [0.25, 0.3) is 0 Å². The molecule has 1 aromatic heterocycles. The summed E-state index contributed by atoms with van der Waals surface area (Å²) in [6, 6.07) is 3.56. The van der Waals surface area contributed by atoms with Crippen LogP contribution in [0, 0.1) is 11.3 Å². The number of anilines is 1. The molecular weight excluding hydrogens is 202 g/mol. The van der Waals surface area contributed by atoms with Gasteiger partial charge in [-0.1, -0.05) is 11.6 Å². The molecule has 0 aliphatic rings. The lowest BCUT2D eigenvalue weighted by atomic mass is 10.3. The van der Waals surface area contributed by atoms with E-state index >= 15 is 0 Å². The Balaban J connectivity index is 2.73. The van der Waals surface area contributed by atoms with Gasteiger partial charge in [-0.3, -0.25) is 0 Å². The lowest BCUT2D eigenvalue weighted by molar-refractivity contribution is 0.210. The van der Waals surface area contributed by atoms with Gasteiger partial charge >= 0.3 is 0 Å². The van der Waals surface area contributed by atoms with Gasteiger partial charge in [-0.25, -0.2) is 4.98 Å². The van der Waals surface area contributed by atoms with E-state index < -0.39 is 0 Å². The molecule has 5 heteroatoms. The molecule has 0 amide bonds. The topological polar surface area (TPSA) is 57.9 Å². The van der Waals surface area contributed by atoms with Crippen molar-refractivity contribution in [1.82, 2.24) is 4.98 Å². The Bertz CT molecular complexity index is 348. The fourth-order valence-corrected chi connectivity index (χ4v) is 1.15. The Morgan fingerprint density at radius 2 is 2.50 bits per heavy atom. The SMILES string of the molecule is COCCNc1nccc(C#N)c1Cl. The zero-order chi connectivity index (χ0) is 10.4. The molecule has 0 saturated heterocycles. The van der Waals surface area contributed by atoms with Gasteiger partial charge in [-0.2, -0.15) is 5.26 Å². The molecule has 0 atom stereocenters. The molecule has 0 bridgehead atoms. The summed E-state index contributed by atoms with van der Waals surface area (Å²) in [5, 5.41) is 12.0. The maximum Gasteiger partial charge on any atom is 0.146 e. The lowest BCUT2D eigenvalue weighted by Gasteiger charge is -2.06.